The first-order valence-corrected chi connectivity index (χ1v) is 8.08. The fourth-order valence-corrected chi connectivity index (χ4v) is 3.81. The largest absolute Gasteiger partial charge is 0.132 e. The van der Waals surface area contributed by atoms with Gasteiger partial charge in [-0.3, -0.25) is 0 Å². The van der Waals surface area contributed by atoms with Gasteiger partial charge < -0.3 is 0 Å². The summed E-state index contributed by atoms with van der Waals surface area (Å²) >= 11 is 8.91. The minimum absolute atomic E-state index is 1.20. The molecular formula is C12H18Br2S. The Balaban J connectivity index is 2.10. The number of rotatable bonds is 7. The summed E-state index contributed by atoms with van der Waals surface area (Å²) in [5.74, 6) is 0. The second kappa shape index (κ2) is 7.86. The molecule has 0 fully saturated rings. The molecule has 15 heavy (non-hydrogen) atoms. The molecule has 0 nitrogen and oxygen atoms in total. The quantitative estimate of drug-likeness (QED) is 0.513. The van der Waals surface area contributed by atoms with Crippen molar-refractivity contribution in [3.63, 3.8) is 0 Å². The minimum Gasteiger partial charge on any atom is -0.132 e. The fraction of sp³-hybridized carbons (Fsp3) is 0.667. The molecule has 1 aromatic heterocycles. The van der Waals surface area contributed by atoms with Crippen LogP contribution in [0.4, 0.5) is 0 Å². The van der Waals surface area contributed by atoms with E-state index >= 15 is 0 Å². The second-order valence-corrected chi connectivity index (χ2v) is 7.16. The Kier molecular flexibility index (Phi) is 7.19. The topological polar surface area (TPSA) is 0 Å². The van der Waals surface area contributed by atoms with Crippen molar-refractivity contribution in [3.8, 4) is 0 Å². The van der Waals surface area contributed by atoms with E-state index in [1.807, 2.05) is 11.3 Å². The van der Waals surface area contributed by atoms with Gasteiger partial charge in [-0.2, -0.15) is 0 Å². The molecule has 0 radical (unpaired) electrons. The van der Waals surface area contributed by atoms with Crippen molar-refractivity contribution in [3.05, 3.63) is 19.2 Å². The smallest absolute Gasteiger partial charge is 0.0843 e. The first kappa shape index (κ1) is 13.7. The van der Waals surface area contributed by atoms with E-state index in [-0.39, 0.29) is 0 Å². The maximum Gasteiger partial charge on any atom is 0.0843 e. The number of aryl methyl sites for hydroxylation is 1. The Bertz CT molecular complexity index is 262. The van der Waals surface area contributed by atoms with Crippen molar-refractivity contribution in [1.29, 1.82) is 0 Å². The molecule has 0 spiro atoms. The molecule has 1 rings (SSSR count). The molecule has 1 aromatic rings. The Hall–Kier alpha value is 0.660. The predicted molar refractivity (Wildman–Crippen MR) is 76.8 cm³/mol. The lowest BCUT2D eigenvalue weighted by atomic mass is 10.1. The number of thiophene rings is 1. The summed E-state index contributed by atoms with van der Waals surface area (Å²) in [6.45, 7) is 2.26. The Morgan fingerprint density at radius 3 is 2.33 bits per heavy atom. The summed E-state index contributed by atoms with van der Waals surface area (Å²) in [6.07, 6.45) is 9.51. The van der Waals surface area contributed by atoms with Crippen LogP contribution in [0, 0.1) is 0 Å². The third kappa shape index (κ3) is 5.50. The molecule has 3 heteroatoms. The predicted octanol–water partition coefficient (Wildman–Crippen LogP) is 6.18. The fourth-order valence-electron chi connectivity index (χ4n) is 1.59. The van der Waals surface area contributed by atoms with Gasteiger partial charge in [0.25, 0.3) is 0 Å². The highest BCUT2D eigenvalue weighted by Gasteiger charge is 2.03. The van der Waals surface area contributed by atoms with Gasteiger partial charge in [0.1, 0.15) is 0 Å². The Morgan fingerprint density at radius 1 is 1.07 bits per heavy atom. The third-order valence-corrected chi connectivity index (χ3v) is 5.79. The molecule has 0 saturated heterocycles. The van der Waals surface area contributed by atoms with E-state index in [0.717, 1.165) is 0 Å². The molecule has 0 aliphatic heterocycles. The van der Waals surface area contributed by atoms with Gasteiger partial charge >= 0.3 is 0 Å². The van der Waals surface area contributed by atoms with E-state index < -0.39 is 0 Å². The zero-order chi connectivity index (χ0) is 11.1. The average molecular weight is 354 g/mol. The van der Waals surface area contributed by atoms with Gasteiger partial charge in [0, 0.05) is 9.35 Å². The molecule has 0 aromatic carbocycles. The van der Waals surface area contributed by atoms with Crippen molar-refractivity contribution in [2.24, 2.45) is 0 Å². The van der Waals surface area contributed by atoms with Crippen molar-refractivity contribution >= 4 is 43.2 Å². The average Bonchev–Trinajstić information content (AvgIpc) is 2.52. The Labute approximate surface area is 114 Å². The number of hydrogen-bond donors (Lipinski definition) is 0. The normalized spacial score (nSPS) is 10.9. The van der Waals surface area contributed by atoms with Crippen molar-refractivity contribution < 1.29 is 0 Å². The van der Waals surface area contributed by atoms with Gasteiger partial charge in [0.2, 0.25) is 0 Å². The van der Waals surface area contributed by atoms with E-state index in [0.29, 0.717) is 0 Å². The van der Waals surface area contributed by atoms with E-state index in [9.17, 15) is 0 Å². The standard InChI is InChI=1S/C12H18Br2S/c1-2-3-4-5-6-7-8-10-9-11(13)12(14)15-10/h9H,2-8H2,1H3. The van der Waals surface area contributed by atoms with Crippen LogP contribution in [0.3, 0.4) is 0 Å². The highest BCUT2D eigenvalue weighted by atomic mass is 79.9. The van der Waals surface area contributed by atoms with Crippen molar-refractivity contribution in [1.82, 2.24) is 0 Å². The molecule has 0 N–H and O–H groups in total. The first-order chi connectivity index (χ1) is 7.24. The van der Waals surface area contributed by atoms with E-state index in [2.05, 4.69) is 44.8 Å². The molecule has 86 valence electrons. The third-order valence-electron chi connectivity index (χ3n) is 2.47. The van der Waals surface area contributed by atoms with E-state index in [4.69, 9.17) is 0 Å². The molecule has 0 aliphatic carbocycles. The molecule has 0 atom stereocenters. The Morgan fingerprint density at radius 2 is 1.73 bits per heavy atom. The maximum absolute atomic E-state index is 3.53. The van der Waals surface area contributed by atoms with Crippen molar-refractivity contribution in [2.75, 3.05) is 0 Å². The summed E-state index contributed by atoms with van der Waals surface area (Å²) in [5.41, 5.74) is 0. The maximum atomic E-state index is 3.53. The van der Waals surface area contributed by atoms with Gasteiger partial charge in [-0.1, -0.05) is 39.0 Å². The molecule has 0 amide bonds. The monoisotopic (exact) mass is 352 g/mol. The van der Waals surface area contributed by atoms with Gasteiger partial charge in [0.05, 0.1) is 3.79 Å². The van der Waals surface area contributed by atoms with Crippen LogP contribution in [-0.4, -0.2) is 0 Å². The van der Waals surface area contributed by atoms with Crippen molar-refractivity contribution in [2.45, 2.75) is 51.9 Å². The van der Waals surface area contributed by atoms with Gasteiger partial charge in [0.15, 0.2) is 0 Å². The first-order valence-electron chi connectivity index (χ1n) is 5.67. The SMILES string of the molecule is CCCCCCCCc1cc(Br)c(Br)s1. The van der Waals surface area contributed by atoms with Crippen LogP contribution in [-0.2, 0) is 6.42 Å². The lowest BCUT2D eigenvalue weighted by Gasteiger charge is -1.98. The molecule has 0 bridgehead atoms. The summed E-state index contributed by atoms with van der Waals surface area (Å²) in [4.78, 5) is 1.49. The zero-order valence-corrected chi connectivity index (χ0v) is 13.2. The number of halogens is 2. The van der Waals surface area contributed by atoms with Gasteiger partial charge in [-0.15, -0.1) is 11.3 Å². The summed E-state index contributed by atoms with van der Waals surface area (Å²) in [7, 11) is 0. The lowest BCUT2D eigenvalue weighted by molar-refractivity contribution is 0.609. The molecule has 0 unspecified atom stereocenters. The van der Waals surface area contributed by atoms with Crippen LogP contribution in [0.25, 0.3) is 0 Å². The van der Waals surface area contributed by atoms with Crippen LogP contribution in [0.2, 0.25) is 0 Å². The molecular weight excluding hydrogens is 336 g/mol. The van der Waals surface area contributed by atoms with Gasteiger partial charge in [-0.05, 0) is 50.8 Å². The summed E-state index contributed by atoms with van der Waals surface area (Å²) in [5, 5.41) is 0. The van der Waals surface area contributed by atoms with E-state index in [1.165, 1.54) is 58.1 Å². The van der Waals surface area contributed by atoms with Crippen LogP contribution in [0.1, 0.15) is 50.3 Å². The second-order valence-electron chi connectivity index (χ2n) is 3.85. The zero-order valence-electron chi connectivity index (χ0n) is 9.19. The molecule has 0 aliphatic rings. The molecule has 1 heterocycles. The number of hydrogen-bond acceptors (Lipinski definition) is 1. The highest BCUT2D eigenvalue weighted by Crippen LogP contribution is 2.33. The summed E-state index contributed by atoms with van der Waals surface area (Å²) < 4.78 is 2.43. The van der Waals surface area contributed by atoms with Crippen LogP contribution < -0.4 is 0 Å². The number of unbranched alkanes of at least 4 members (excludes halogenated alkanes) is 5. The minimum atomic E-state index is 1.20. The van der Waals surface area contributed by atoms with Crippen LogP contribution in [0.5, 0.6) is 0 Å². The van der Waals surface area contributed by atoms with Crippen LogP contribution >= 0.6 is 43.2 Å². The van der Waals surface area contributed by atoms with Gasteiger partial charge in [-0.25, -0.2) is 0 Å². The summed E-state index contributed by atoms with van der Waals surface area (Å²) in [6, 6.07) is 2.24. The van der Waals surface area contributed by atoms with Crippen LogP contribution in [0.15, 0.2) is 14.3 Å². The highest BCUT2D eigenvalue weighted by molar-refractivity contribution is 9.13. The van der Waals surface area contributed by atoms with E-state index in [1.54, 1.807) is 0 Å². The lowest BCUT2D eigenvalue weighted by Crippen LogP contribution is -1.82. The molecule has 0 saturated carbocycles.